The summed E-state index contributed by atoms with van der Waals surface area (Å²) in [6, 6.07) is 11.4. The first kappa shape index (κ1) is 30.6. The van der Waals surface area contributed by atoms with Gasteiger partial charge in [-0.15, -0.1) is 13.2 Å². The maximum Gasteiger partial charge on any atom is 0.573 e. The predicted molar refractivity (Wildman–Crippen MR) is 139 cm³/mol. The molecule has 0 radical (unpaired) electrons. The van der Waals surface area contributed by atoms with Crippen LogP contribution in [0.4, 0.5) is 22.0 Å². The van der Waals surface area contributed by atoms with Gasteiger partial charge in [0.25, 0.3) is 0 Å². The van der Waals surface area contributed by atoms with E-state index in [0.717, 1.165) is 6.07 Å². The number of alkyl halides is 5. The Bertz CT molecular complexity index is 1280. The Hall–Kier alpha value is -2.96. The summed E-state index contributed by atoms with van der Waals surface area (Å²) in [6.07, 6.45) is -8.59. The summed E-state index contributed by atoms with van der Waals surface area (Å²) in [6.45, 7) is 6.26. The lowest BCUT2D eigenvalue weighted by Crippen LogP contribution is -2.39. The van der Waals surface area contributed by atoms with Gasteiger partial charge in [0.05, 0.1) is 12.2 Å². The normalized spacial score (nSPS) is 13.8. The van der Waals surface area contributed by atoms with Crippen LogP contribution in [0.3, 0.4) is 0 Å². The van der Waals surface area contributed by atoms with E-state index in [9.17, 15) is 26.7 Å². The van der Waals surface area contributed by atoms with Crippen molar-refractivity contribution in [1.82, 2.24) is 0 Å². The second kappa shape index (κ2) is 13.4. The van der Waals surface area contributed by atoms with Gasteiger partial charge in [-0.3, -0.25) is 0 Å². The van der Waals surface area contributed by atoms with Crippen LogP contribution in [0.2, 0.25) is 12.6 Å². The van der Waals surface area contributed by atoms with Crippen molar-refractivity contribution in [2.45, 2.75) is 58.0 Å². The first-order valence-electron chi connectivity index (χ1n) is 12.6. The maximum absolute atomic E-state index is 14.4. The highest BCUT2D eigenvalue weighted by Crippen LogP contribution is 2.34. The minimum atomic E-state index is -4.94. The number of rotatable bonds is 14. The summed E-state index contributed by atoms with van der Waals surface area (Å²) in [4.78, 5) is 12.6. The predicted octanol–water partition coefficient (Wildman–Crippen LogP) is 7.34. The minimum absolute atomic E-state index is 0.0233. The quantitative estimate of drug-likeness (QED) is 0.114. The number of benzene rings is 2. The molecule has 0 bridgehead atoms. The van der Waals surface area contributed by atoms with Crippen molar-refractivity contribution in [2.24, 2.45) is 0 Å². The van der Waals surface area contributed by atoms with Gasteiger partial charge in [0.2, 0.25) is 0 Å². The minimum Gasteiger partial charge on any atom is -0.493 e. The fourth-order valence-corrected chi connectivity index (χ4v) is 6.51. The average Bonchev–Trinajstić information content (AvgIpc) is 2.86. The van der Waals surface area contributed by atoms with Gasteiger partial charge in [0.1, 0.15) is 29.4 Å². The molecule has 0 aliphatic carbocycles. The van der Waals surface area contributed by atoms with Gasteiger partial charge in [0, 0.05) is 36.7 Å². The van der Waals surface area contributed by atoms with Gasteiger partial charge in [-0.1, -0.05) is 18.2 Å². The summed E-state index contributed by atoms with van der Waals surface area (Å²) in [5.41, 5.74) is -0.951. The monoisotopic (exact) mass is 574 g/mol. The topological polar surface area (TPSA) is 67.1 Å². The molecule has 39 heavy (non-hydrogen) atoms. The second-order valence-corrected chi connectivity index (χ2v) is 12.2. The van der Waals surface area contributed by atoms with E-state index in [1.807, 2.05) is 20.4 Å². The number of para-hydroxylation sites is 1. The van der Waals surface area contributed by atoms with Crippen molar-refractivity contribution in [3.63, 3.8) is 0 Å². The SMILES string of the molecule is CCO[Si](C)(CCC(F)C(F)CCOc1ccc2cc(-c3ccccc3OC(F)(F)F)c(=O)oc2c1)OCC. The summed E-state index contributed by atoms with van der Waals surface area (Å²) in [7, 11) is -2.54. The lowest BCUT2D eigenvalue weighted by Gasteiger charge is -2.27. The third kappa shape index (κ3) is 8.77. The molecule has 0 aliphatic rings. The number of halogens is 5. The lowest BCUT2D eigenvalue weighted by molar-refractivity contribution is -0.274. The highest BCUT2D eigenvalue weighted by atomic mass is 28.4. The molecular formula is C27H31F5O6Si. The van der Waals surface area contributed by atoms with Gasteiger partial charge < -0.3 is 22.7 Å². The van der Waals surface area contributed by atoms with E-state index < -0.39 is 38.6 Å². The van der Waals surface area contributed by atoms with Crippen LogP contribution in [-0.2, 0) is 8.85 Å². The van der Waals surface area contributed by atoms with E-state index in [1.165, 1.54) is 36.4 Å². The van der Waals surface area contributed by atoms with Crippen LogP contribution in [0, 0.1) is 0 Å². The highest BCUT2D eigenvalue weighted by molar-refractivity contribution is 6.66. The summed E-state index contributed by atoms with van der Waals surface area (Å²) in [5.74, 6) is -0.277. The fourth-order valence-electron chi connectivity index (χ4n) is 4.12. The number of ether oxygens (including phenoxy) is 2. The standard InChI is InChI=1S/C27H31F5O6Si/c1-4-35-39(3,36-5-2)15-13-23(29)22(28)12-14-34-19-11-10-18-16-21(26(33)37-25(18)17-19)20-8-6-7-9-24(20)38-27(30,31)32/h6-11,16-17,22-23H,4-5,12-15H2,1-3H3. The average molecular weight is 575 g/mol. The van der Waals surface area contributed by atoms with Crippen LogP contribution < -0.4 is 15.1 Å². The molecule has 3 rings (SSSR count). The first-order valence-corrected chi connectivity index (χ1v) is 15.1. The maximum atomic E-state index is 14.4. The summed E-state index contributed by atoms with van der Waals surface area (Å²) >= 11 is 0. The fraction of sp³-hybridized carbons (Fsp3) is 0.444. The van der Waals surface area contributed by atoms with Gasteiger partial charge in [0.15, 0.2) is 0 Å². The zero-order valence-corrected chi connectivity index (χ0v) is 22.9. The molecule has 0 saturated heterocycles. The summed E-state index contributed by atoms with van der Waals surface area (Å²) in [5, 5.41) is 0.418. The van der Waals surface area contributed by atoms with E-state index >= 15 is 0 Å². The molecule has 1 heterocycles. The van der Waals surface area contributed by atoms with E-state index in [1.54, 1.807) is 6.07 Å². The molecule has 6 nitrogen and oxygen atoms in total. The van der Waals surface area contributed by atoms with Crippen molar-refractivity contribution in [3.05, 3.63) is 59.0 Å². The Morgan fingerprint density at radius 1 is 0.923 bits per heavy atom. The molecule has 0 aliphatic heterocycles. The zero-order chi connectivity index (χ0) is 28.6. The van der Waals surface area contributed by atoms with Crippen LogP contribution in [0.1, 0.15) is 26.7 Å². The van der Waals surface area contributed by atoms with Crippen molar-refractivity contribution < 1.29 is 44.7 Å². The van der Waals surface area contributed by atoms with Crippen molar-refractivity contribution in [2.75, 3.05) is 19.8 Å². The molecule has 1 aromatic heterocycles. The smallest absolute Gasteiger partial charge is 0.493 e. The molecule has 2 unspecified atom stereocenters. The Morgan fingerprint density at radius 2 is 1.59 bits per heavy atom. The largest absolute Gasteiger partial charge is 0.573 e. The molecule has 0 saturated carbocycles. The van der Waals surface area contributed by atoms with Gasteiger partial charge >= 0.3 is 20.5 Å². The lowest BCUT2D eigenvalue weighted by atomic mass is 10.0. The van der Waals surface area contributed by atoms with Crippen LogP contribution in [0.25, 0.3) is 22.1 Å². The molecule has 0 amide bonds. The third-order valence-corrected chi connectivity index (χ3v) is 8.93. The molecule has 3 aromatic rings. The Morgan fingerprint density at radius 3 is 2.26 bits per heavy atom. The van der Waals surface area contributed by atoms with Crippen molar-refractivity contribution >= 4 is 19.5 Å². The molecule has 214 valence electrons. The molecule has 12 heteroatoms. The molecule has 0 spiro atoms. The Kier molecular flexibility index (Phi) is 10.5. The van der Waals surface area contributed by atoms with Crippen LogP contribution in [0.5, 0.6) is 11.5 Å². The van der Waals surface area contributed by atoms with Gasteiger partial charge in [-0.2, -0.15) is 0 Å². The first-order chi connectivity index (χ1) is 18.4. The van der Waals surface area contributed by atoms with Crippen molar-refractivity contribution in [3.8, 4) is 22.6 Å². The van der Waals surface area contributed by atoms with E-state index in [-0.39, 0.29) is 41.9 Å². The van der Waals surface area contributed by atoms with Crippen LogP contribution in [0.15, 0.2) is 57.7 Å². The third-order valence-electron chi connectivity index (χ3n) is 5.94. The zero-order valence-electron chi connectivity index (χ0n) is 21.9. The molecule has 0 fully saturated rings. The number of fused-ring (bicyclic) bond motifs is 1. The number of hydrogen-bond donors (Lipinski definition) is 0. The second-order valence-electron chi connectivity index (χ2n) is 8.90. The Labute approximate surface area is 223 Å². The summed E-state index contributed by atoms with van der Waals surface area (Å²) < 4.78 is 93.4. The molecular weight excluding hydrogens is 543 g/mol. The highest BCUT2D eigenvalue weighted by Gasteiger charge is 2.34. The van der Waals surface area contributed by atoms with Crippen LogP contribution >= 0.6 is 0 Å². The number of hydrogen-bond acceptors (Lipinski definition) is 6. The van der Waals surface area contributed by atoms with Crippen molar-refractivity contribution in [1.29, 1.82) is 0 Å². The van der Waals surface area contributed by atoms with E-state index in [0.29, 0.717) is 24.6 Å². The molecule has 0 N–H and O–H groups in total. The van der Waals surface area contributed by atoms with E-state index in [2.05, 4.69) is 4.74 Å². The van der Waals surface area contributed by atoms with Crippen LogP contribution in [-0.4, -0.2) is 47.1 Å². The molecule has 2 atom stereocenters. The molecule has 2 aromatic carbocycles. The van der Waals surface area contributed by atoms with E-state index in [4.69, 9.17) is 18.0 Å². The Balaban J connectivity index is 1.63. The van der Waals surface area contributed by atoms with Gasteiger partial charge in [-0.25, -0.2) is 13.6 Å². The van der Waals surface area contributed by atoms with Gasteiger partial charge in [-0.05, 0) is 57.1 Å².